The largest absolute Gasteiger partial charge is 0.302 e. The smallest absolute Gasteiger partial charge is 0.226 e. The van der Waals surface area contributed by atoms with E-state index in [0.717, 1.165) is 19.4 Å². The highest BCUT2D eigenvalue weighted by Crippen LogP contribution is 2.10. The molecule has 94 valence electrons. The summed E-state index contributed by atoms with van der Waals surface area (Å²) in [6.07, 6.45) is 8.20. The molecule has 2 rings (SSSR count). The Hall–Kier alpha value is -1.75. The normalized spacial score (nSPS) is 10.2. The molecule has 0 aromatic carbocycles. The third-order valence-corrected chi connectivity index (χ3v) is 3.21. The molecule has 0 fully saturated rings. The number of nitrogens with one attached hydrogen (secondary N) is 1. The topological polar surface area (TPSA) is 45.9 Å². The third-order valence-electron chi connectivity index (χ3n) is 2.53. The Morgan fingerprint density at radius 2 is 2.11 bits per heavy atom. The first-order valence-corrected chi connectivity index (χ1v) is 6.86. The summed E-state index contributed by atoms with van der Waals surface area (Å²) < 4.78 is 2.12. The molecule has 0 aliphatic rings. The number of hydrogen-bond donors (Lipinski definition) is 1. The number of carbonyl (C=O) groups excluding carboxylic acids is 1. The highest BCUT2D eigenvalue weighted by Gasteiger charge is 2.05. The number of unbranched alkanes of at least 4 members (excludes halogenated alkanes) is 1. The maximum Gasteiger partial charge on any atom is 0.226 e. The molecule has 0 saturated carbocycles. The summed E-state index contributed by atoms with van der Waals surface area (Å²) in [5.74, 6) is 0.0445. The van der Waals surface area contributed by atoms with Crippen molar-refractivity contribution in [1.82, 2.24) is 4.98 Å². The fourth-order valence-corrected chi connectivity index (χ4v) is 2.18. The molecule has 1 amide bonds. The fraction of sp³-hybridized carbons (Fsp3) is 0.308. The van der Waals surface area contributed by atoms with E-state index in [1.54, 1.807) is 6.20 Å². The van der Waals surface area contributed by atoms with Crippen LogP contribution in [0.4, 0.5) is 5.13 Å². The van der Waals surface area contributed by atoms with Crippen LogP contribution in [0, 0.1) is 0 Å². The van der Waals surface area contributed by atoms with Crippen LogP contribution >= 0.6 is 11.3 Å². The van der Waals surface area contributed by atoms with E-state index >= 15 is 0 Å². The van der Waals surface area contributed by atoms with Crippen molar-refractivity contribution in [3.05, 3.63) is 42.2 Å². The lowest BCUT2D eigenvalue weighted by Crippen LogP contribution is -2.32. The predicted molar refractivity (Wildman–Crippen MR) is 71.2 cm³/mol. The lowest BCUT2D eigenvalue weighted by molar-refractivity contribution is -0.697. The van der Waals surface area contributed by atoms with Crippen molar-refractivity contribution in [2.45, 2.75) is 25.8 Å². The van der Waals surface area contributed by atoms with Gasteiger partial charge in [0.15, 0.2) is 17.5 Å². The second kappa shape index (κ2) is 6.86. The number of nitrogens with zero attached hydrogens (tertiary/aromatic N) is 2. The quantitative estimate of drug-likeness (QED) is 0.641. The highest BCUT2D eigenvalue weighted by molar-refractivity contribution is 7.13. The van der Waals surface area contributed by atoms with Gasteiger partial charge in [0, 0.05) is 36.6 Å². The van der Waals surface area contributed by atoms with Crippen LogP contribution in [0.25, 0.3) is 0 Å². The van der Waals surface area contributed by atoms with Crippen molar-refractivity contribution in [3.63, 3.8) is 0 Å². The van der Waals surface area contributed by atoms with E-state index < -0.39 is 0 Å². The van der Waals surface area contributed by atoms with Crippen LogP contribution in [0.2, 0.25) is 0 Å². The summed E-state index contributed by atoms with van der Waals surface area (Å²) in [5.41, 5.74) is 0. The summed E-state index contributed by atoms with van der Waals surface area (Å²) in [5, 5.41) is 5.31. The predicted octanol–water partition coefficient (Wildman–Crippen LogP) is 2.24. The maximum atomic E-state index is 11.6. The lowest BCUT2D eigenvalue weighted by atomic mass is 10.2. The summed E-state index contributed by atoms with van der Waals surface area (Å²) in [6.45, 7) is 0.950. The van der Waals surface area contributed by atoms with Gasteiger partial charge in [0.1, 0.15) is 6.54 Å². The standard InChI is InChI=1S/C13H15N3OS/c17-12(15-13-14-7-11-18-13)6-2-5-10-16-8-3-1-4-9-16/h1,3-4,7-9,11H,2,5-6,10H2/p+1. The van der Waals surface area contributed by atoms with Gasteiger partial charge in [0.25, 0.3) is 0 Å². The Kier molecular flexibility index (Phi) is 4.84. The van der Waals surface area contributed by atoms with E-state index in [0.29, 0.717) is 11.6 Å². The Labute approximate surface area is 110 Å². The maximum absolute atomic E-state index is 11.6. The van der Waals surface area contributed by atoms with Gasteiger partial charge in [-0.1, -0.05) is 6.07 Å². The van der Waals surface area contributed by atoms with Gasteiger partial charge in [-0.2, -0.15) is 0 Å². The molecular formula is C13H16N3OS+. The Bertz CT molecular complexity index is 470. The van der Waals surface area contributed by atoms with Gasteiger partial charge in [-0.25, -0.2) is 9.55 Å². The van der Waals surface area contributed by atoms with Crippen LogP contribution in [0.3, 0.4) is 0 Å². The molecule has 0 aliphatic heterocycles. The average molecular weight is 262 g/mol. The average Bonchev–Trinajstić information content (AvgIpc) is 2.89. The molecule has 18 heavy (non-hydrogen) atoms. The molecule has 0 aliphatic carbocycles. The molecule has 0 spiro atoms. The molecule has 1 N–H and O–H groups in total. The van der Waals surface area contributed by atoms with Crippen molar-refractivity contribution in [1.29, 1.82) is 0 Å². The van der Waals surface area contributed by atoms with Crippen LogP contribution in [-0.4, -0.2) is 10.9 Å². The lowest BCUT2D eigenvalue weighted by Gasteiger charge is -2.00. The fourth-order valence-electron chi connectivity index (χ4n) is 1.63. The molecule has 5 heteroatoms. The second-order valence-electron chi connectivity index (χ2n) is 3.96. The minimum absolute atomic E-state index is 0.0445. The third kappa shape index (κ3) is 4.25. The molecule has 0 unspecified atom stereocenters. The Balaban J connectivity index is 1.62. The molecule has 2 heterocycles. The first kappa shape index (κ1) is 12.7. The van der Waals surface area contributed by atoms with Crippen LogP contribution in [0.1, 0.15) is 19.3 Å². The number of carbonyl (C=O) groups is 1. The van der Waals surface area contributed by atoms with Crippen LogP contribution in [0.5, 0.6) is 0 Å². The number of thiazole rings is 1. The van der Waals surface area contributed by atoms with Gasteiger partial charge in [0.2, 0.25) is 5.91 Å². The molecule has 4 nitrogen and oxygen atoms in total. The number of anilines is 1. The van der Waals surface area contributed by atoms with Crippen molar-refractivity contribution < 1.29 is 9.36 Å². The van der Waals surface area contributed by atoms with E-state index in [2.05, 4.69) is 14.9 Å². The molecule has 0 bridgehead atoms. The number of amides is 1. The second-order valence-corrected chi connectivity index (χ2v) is 4.85. The van der Waals surface area contributed by atoms with Crippen molar-refractivity contribution in [2.24, 2.45) is 0 Å². The summed E-state index contributed by atoms with van der Waals surface area (Å²) in [6, 6.07) is 6.02. The van der Waals surface area contributed by atoms with Crippen molar-refractivity contribution >= 4 is 22.4 Å². The summed E-state index contributed by atoms with van der Waals surface area (Å²) in [4.78, 5) is 15.6. The number of pyridine rings is 1. The number of aromatic nitrogens is 2. The molecule has 0 atom stereocenters. The highest BCUT2D eigenvalue weighted by atomic mass is 32.1. The molecule has 2 aromatic heterocycles. The Morgan fingerprint density at radius 1 is 1.28 bits per heavy atom. The van der Waals surface area contributed by atoms with Gasteiger partial charge < -0.3 is 5.32 Å². The van der Waals surface area contributed by atoms with Crippen LogP contribution < -0.4 is 9.88 Å². The van der Waals surface area contributed by atoms with E-state index in [4.69, 9.17) is 0 Å². The number of rotatable bonds is 6. The molecule has 0 saturated heterocycles. The van der Waals surface area contributed by atoms with Crippen molar-refractivity contribution in [3.8, 4) is 0 Å². The first-order chi connectivity index (χ1) is 8.84. The van der Waals surface area contributed by atoms with Gasteiger partial charge in [0.05, 0.1) is 0 Å². The van der Waals surface area contributed by atoms with Gasteiger partial charge in [-0.15, -0.1) is 11.3 Å². The van der Waals surface area contributed by atoms with E-state index in [9.17, 15) is 4.79 Å². The van der Waals surface area contributed by atoms with Crippen molar-refractivity contribution in [2.75, 3.05) is 5.32 Å². The number of aryl methyl sites for hydroxylation is 1. The van der Waals surface area contributed by atoms with E-state index in [-0.39, 0.29) is 5.91 Å². The molecule has 2 aromatic rings. The molecular weight excluding hydrogens is 246 g/mol. The molecule has 0 radical (unpaired) electrons. The zero-order valence-electron chi connectivity index (χ0n) is 10.1. The Morgan fingerprint density at radius 3 is 2.83 bits per heavy atom. The van der Waals surface area contributed by atoms with Gasteiger partial charge in [-0.05, 0) is 6.42 Å². The van der Waals surface area contributed by atoms with Crippen LogP contribution in [0.15, 0.2) is 42.2 Å². The monoisotopic (exact) mass is 262 g/mol. The SMILES string of the molecule is O=C(CCCC[n+]1ccccc1)Nc1nccs1. The van der Waals surface area contributed by atoms with Gasteiger partial charge >= 0.3 is 0 Å². The minimum Gasteiger partial charge on any atom is -0.302 e. The first-order valence-electron chi connectivity index (χ1n) is 5.98. The summed E-state index contributed by atoms with van der Waals surface area (Å²) >= 11 is 1.44. The number of hydrogen-bond acceptors (Lipinski definition) is 3. The minimum atomic E-state index is 0.0445. The van der Waals surface area contributed by atoms with Crippen LogP contribution in [-0.2, 0) is 11.3 Å². The zero-order valence-corrected chi connectivity index (χ0v) is 10.9. The van der Waals surface area contributed by atoms with E-state index in [1.165, 1.54) is 11.3 Å². The zero-order chi connectivity index (χ0) is 12.6. The van der Waals surface area contributed by atoms with Gasteiger partial charge in [-0.3, -0.25) is 4.79 Å². The summed E-state index contributed by atoms with van der Waals surface area (Å²) in [7, 11) is 0. The van der Waals surface area contributed by atoms with E-state index in [1.807, 2.05) is 36.0 Å².